The van der Waals surface area contributed by atoms with Crippen LogP contribution in [0.15, 0.2) is 18.2 Å². The van der Waals surface area contributed by atoms with Crippen LogP contribution in [0.1, 0.15) is 49.9 Å². The fourth-order valence-electron chi connectivity index (χ4n) is 3.58. The van der Waals surface area contributed by atoms with Crippen molar-refractivity contribution >= 4 is 0 Å². The molecule has 0 spiro atoms. The molecule has 20 heavy (non-hydrogen) atoms. The predicted molar refractivity (Wildman–Crippen MR) is 86.8 cm³/mol. The van der Waals surface area contributed by atoms with Crippen molar-refractivity contribution < 1.29 is 0 Å². The van der Waals surface area contributed by atoms with Crippen molar-refractivity contribution in [2.45, 2.75) is 47.1 Å². The van der Waals surface area contributed by atoms with Gasteiger partial charge in [0.1, 0.15) is 0 Å². The Hall–Kier alpha value is -0.860. The monoisotopic (exact) mass is 274 g/mol. The van der Waals surface area contributed by atoms with Crippen LogP contribution in [0.25, 0.3) is 0 Å². The van der Waals surface area contributed by atoms with Gasteiger partial charge in [-0.1, -0.05) is 39.0 Å². The first-order valence-corrected chi connectivity index (χ1v) is 7.85. The van der Waals surface area contributed by atoms with Gasteiger partial charge in [0.05, 0.1) is 0 Å². The molecule has 1 aromatic rings. The van der Waals surface area contributed by atoms with Crippen molar-refractivity contribution in [1.29, 1.82) is 0 Å². The van der Waals surface area contributed by atoms with E-state index in [2.05, 4.69) is 57.7 Å². The largest absolute Gasteiger partial charge is 0.329 e. The Morgan fingerprint density at radius 2 is 1.85 bits per heavy atom. The summed E-state index contributed by atoms with van der Waals surface area (Å²) in [7, 11) is 0. The molecular formula is C18H30N2. The van der Waals surface area contributed by atoms with Crippen LogP contribution >= 0.6 is 0 Å². The average molecular weight is 274 g/mol. The van der Waals surface area contributed by atoms with Crippen molar-refractivity contribution in [1.82, 2.24) is 4.90 Å². The summed E-state index contributed by atoms with van der Waals surface area (Å²) in [5, 5.41) is 0. The van der Waals surface area contributed by atoms with Crippen molar-refractivity contribution in [3.63, 3.8) is 0 Å². The van der Waals surface area contributed by atoms with E-state index < -0.39 is 0 Å². The van der Waals surface area contributed by atoms with Gasteiger partial charge in [-0.25, -0.2) is 0 Å². The highest BCUT2D eigenvalue weighted by molar-refractivity contribution is 5.36. The van der Waals surface area contributed by atoms with Crippen LogP contribution in [0, 0.1) is 25.2 Å². The highest BCUT2D eigenvalue weighted by Crippen LogP contribution is 2.37. The van der Waals surface area contributed by atoms with E-state index in [4.69, 9.17) is 5.73 Å². The molecule has 2 unspecified atom stereocenters. The van der Waals surface area contributed by atoms with E-state index in [0.29, 0.717) is 18.0 Å². The molecule has 2 nitrogen and oxygen atoms in total. The molecule has 0 saturated carbocycles. The van der Waals surface area contributed by atoms with E-state index in [1.807, 2.05) is 0 Å². The molecule has 2 heteroatoms. The van der Waals surface area contributed by atoms with Gasteiger partial charge in [-0.3, -0.25) is 4.90 Å². The zero-order valence-corrected chi connectivity index (χ0v) is 13.7. The van der Waals surface area contributed by atoms with Gasteiger partial charge in [-0.05, 0) is 54.8 Å². The standard InChI is InChI=1S/C18H30N2/c1-13-7-6-8-14(2)17(13)16(11-19)20-10-9-15(12-20)18(3,4)5/h6-8,15-16H,9-12,19H2,1-5H3. The summed E-state index contributed by atoms with van der Waals surface area (Å²) in [6.07, 6.45) is 1.30. The van der Waals surface area contributed by atoms with E-state index >= 15 is 0 Å². The smallest absolute Gasteiger partial charge is 0.0475 e. The van der Waals surface area contributed by atoms with Gasteiger partial charge in [0.15, 0.2) is 0 Å². The van der Waals surface area contributed by atoms with Crippen molar-refractivity contribution in [2.24, 2.45) is 17.1 Å². The Morgan fingerprint density at radius 1 is 1.25 bits per heavy atom. The Balaban J connectivity index is 2.22. The van der Waals surface area contributed by atoms with E-state index in [1.54, 1.807) is 0 Å². The Morgan fingerprint density at radius 3 is 2.30 bits per heavy atom. The van der Waals surface area contributed by atoms with E-state index in [9.17, 15) is 0 Å². The number of hydrogen-bond donors (Lipinski definition) is 1. The lowest BCUT2D eigenvalue weighted by atomic mass is 9.80. The molecule has 0 aromatic heterocycles. The maximum absolute atomic E-state index is 6.14. The quantitative estimate of drug-likeness (QED) is 0.911. The molecule has 0 aliphatic carbocycles. The van der Waals surface area contributed by atoms with Gasteiger partial charge in [0, 0.05) is 19.1 Å². The molecule has 112 valence electrons. The van der Waals surface area contributed by atoms with Crippen molar-refractivity contribution in [3.8, 4) is 0 Å². The third kappa shape index (κ3) is 3.07. The summed E-state index contributed by atoms with van der Waals surface area (Å²) in [5.41, 5.74) is 10.7. The first-order chi connectivity index (χ1) is 9.34. The molecule has 1 aliphatic rings. The minimum atomic E-state index is 0.378. The number of benzene rings is 1. The highest BCUT2D eigenvalue weighted by atomic mass is 15.2. The molecule has 2 N–H and O–H groups in total. The normalized spacial score (nSPS) is 22.2. The van der Waals surface area contributed by atoms with E-state index in [0.717, 1.165) is 5.92 Å². The summed E-state index contributed by atoms with van der Waals surface area (Å²) >= 11 is 0. The maximum Gasteiger partial charge on any atom is 0.0475 e. The van der Waals surface area contributed by atoms with Crippen LogP contribution in [0.3, 0.4) is 0 Å². The predicted octanol–water partition coefficient (Wildman–Crippen LogP) is 3.67. The number of aryl methyl sites for hydroxylation is 2. The molecule has 1 aromatic carbocycles. The number of likely N-dealkylation sites (tertiary alicyclic amines) is 1. The highest BCUT2D eigenvalue weighted by Gasteiger charge is 2.35. The minimum Gasteiger partial charge on any atom is -0.329 e. The summed E-state index contributed by atoms with van der Waals surface area (Å²) in [4.78, 5) is 2.60. The summed E-state index contributed by atoms with van der Waals surface area (Å²) in [6.45, 7) is 14.6. The van der Waals surface area contributed by atoms with Gasteiger partial charge < -0.3 is 5.73 Å². The number of rotatable bonds is 3. The van der Waals surface area contributed by atoms with Crippen LogP contribution in [0.5, 0.6) is 0 Å². The maximum atomic E-state index is 6.14. The summed E-state index contributed by atoms with van der Waals surface area (Å²) in [6, 6.07) is 6.94. The van der Waals surface area contributed by atoms with Gasteiger partial charge in [-0.2, -0.15) is 0 Å². The third-order valence-electron chi connectivity index (χ3n) is 4.98. The molecule has 1 aliphatic heterocycles. The molecule has 0 radical (unpaired) electrons. The fourth-order valence-corrected chi connectivity index (χ4v) is 3.58. The lowest BCUT2D eigenvalue weighted by Crippen LogP contribution is -2.34. The number of nitrogens with zero attached hydrogens (tertiary/aromatic N) is 1. The molecule has 1 heterocycles. The Bertz CT molecular complexity index is 439. The van der Waals surface area contributed by atoms with Crippen molar-refractivity contribution in [3.05, 3.63) is 34.9 Å². The van der Waals surface area contributed by atoms with Crippen LogP contribution < -0.4 is 5.73 Å². The molecular weight excluding hydrogens is 244 g/mol. The lowest BCUT2D eigenvalue weighted by Gasteiger charge is -2.32. The fraction of sp³-hybridized carbons (Fsp3) is 0.667. The second kappa shape index (κ2) is 5.87. The SMILES string of the molecule is Cc1cccc(C)c1C(CN)N1CCC(C(C)(C)C)C1. The molecule has 0 bridgehead atoms. The van der Waals surface area contributed by atoms with Gasteiger partial charge in [-0.15, -0.1) is 0 Å². The topological polar surface area (TPSA) is 29.3 Å². The van der Waals surface area contributed by atoms with Crippen molar-refractivity contribution in [2.75, 3.05) is 19.6 Å². The van der Waals surface area contributed by atoms with E-state index in [-0.39, 0.29) is 0 Å². The number of hydrogen-bond acceptors (Lipinski definition) is 2. The van der Waals surface area contributed by atoms with Crippen LogP contribution in [0.2, 0.25) is 0 Å². The Labute approximate surface area is 124 Å². The molecule has 2 rings (SSSR count). The zero-order chi connectivity index (χ0) is 14.9. The van der Waals surface area contributed by atoms with Crippen LogP contribution in [0.4, 0.5) is 0 Å². The first kappa shape index (κ1) is 15.5. The van der Waals surface area contributed by atoms with Gasteiger partial charge >= 0.3 is 0 Å². The lowest BCUT2D eigenvalue weighted by molar-refractivity contribution is 0.197. The minimum absolute atomic E-state index is 0.378. The first-order valence-electron chi connectivity index (χ1n) is 7.85. The van der Waals surface area contributed by atoms with E-state index in [1.165, 1.54) is 36.2 Å². The Kier molecular flexibility index (Phi) is 4.55. The number of nitrogens with two attached hydrogens (primary N) is 1. The average Bonchev–Trinajstić information content (AvgIpc) is 2.83. The van der Waals surface area contributed by atoms with Gasteiger partial charge in [0.25, 0.3) is 0 Å². The third-order valence-corrected chi connectivity index (χ3v) is 4.98. The molecule has 1 saturated heterocycles. The van der Waals surface area contributed by atoms with Crippen LogP contribution in [-0.4, -0.2) is 24.5 Å². The zero-order valence-electron chi connectivity index (χ0n) is 13.7. The molecule has 2 atom stereocenters. The van der Waals surface area contributed by atoms with Crippen LogP contribution in [-0.2, 0) is 0 Å². The van der Waals surface area contributed by atoms with Gasteiger partial charge in [0.2, 0.25) is 0 Å². The second-order valence-electron chi connectivity index (χ2n) is 7.40. The molecule has 0 amide bonds. The second-order valence-corrected chi connectivity index (χ2v) is 7.40. The molecule has 1 fully saturated rings. The summed E-state index contributed by atoms with van der Waals surface area (Å²) in [5.74, 6) is 0.779. The summed E-state index contributed by atoms with van der Waals surface area (Å²) < 4.78 is 0.